The summed E-state index contributed by atoms with van der Waals surface area (Å²) < 4.78 is 4.77. The van der Waals surface area contributed by atoms with E-state index < -0.39 is 17.4 Å². The molecule has 1 aromatic rings. The predicted octanol–water partition coefficient (Wildman–Crippen LogP) is 2.36. The minimum absolute atomic E-state index is 0.0402. The van der Waals surface area contributed by atoms with E-state index in [-0.39, 0.29) is 18.0 Å². The van der Waals surface area contributed by atoms with Crippen molar-refractivity contribution in [2.24, 2.45) is 5.92 Å². The fourth-order valence-electron chi connectivity index (χ4n) is 2.78. The normalized spacial score (nSPS) is 20.6. The van der Waals surface area contributed by atoms with E-state index in [2.05, 4.69) is 15.6 Å². The first-order valence-electron chi connectivity index (χ1n) is 8.08. The van der Waals surface area contributed by atoms with Crippen molar-refractivity contribution in [3.05, 3.63) is 11.1 Å². The Bertz CT molecular complexity index is 650. The molecule has 25 heavy (non-hydrogen) atoms. The maximum absolute atomic E-state index is 12.1. The average Bonchev–Trinajstić information content (AvgIpc) is 3.03. The summed E-state index contributed by atoms with van der Waals surface area (Å²) in [5, 5.41) is 16.6. The second kappa shape index (κ2) is 7.81. The van der Waals surface area contributed by atoms with Gasteiger partial charge in [0.15, 0.2) is 5.13 Å². The van der Waals surface area contributed by atoms with E-state index in [4.69, 9.17) is 9.84 Å². The van der Waals surface area contributed by atoms with Crippen molar-refractivity contribution in [2.45, 2.75) is 51.0 Å². The van der Waals surface area contributed by atoms with Crippen LogP contribution in [0.3, 0.4) is 0 Å². The van der Waals surface area contributed by atoms with Gasteiger partial charge in [0.05, 0.1) is 18.7 Å². The van der Waals surface area contributed by atoms with Crippen LogP contribution in [-0.2, 0) is 19.7 Å². The molecule has 1 heterocycles. The number of nitrogens with zero attached hydrogens (tertiary/aromatic N) is 1. The predicted molar refractivity (Wildman–Crippen MR) is 92.7 cm³/mol. The Hall–Kier alpha value is -2.16. The van der Waals surface area contributed by atoms with Gasteiger partial charge in [-0.25, -0.2) is 9.78 Å². The number of carbonyl (C=O) groups excluding carboxylic acids is 2. The molecule has 0 radical (unpaired) electrons. The van der Waals surface area contributed by atoms with Crippen LogP contribution in [-0.4, -0.2) is 41.2 Å². The third-order valence-electron chi connectivity index (χ3n) is 4.47. The second-order valence-corrected chi connectivity index (χ2v) is 7.50. The quantitative estimate of drug-likeness (QED) is 0.686. The number of amides is 2. The number of carboxylic acids is 1. The van der Waals surface area contributed by atoms with E-state index in [0.717, 1.165) is 0 Å². The Balaban J connectivity index is 1.88. The maximum Gasteiger partial charge on any atom is 0.321 e. The summed E-state index contributed by atoms with van der Waals surface area (Å²) in [5.74, 6) is -1.49. The lowest BCUT2D eigenvalue weighted by atomic mass is 9.86. The standard InChI is InChI=1S/C16H23N3O5S/c1-16(2,13(22)24-3)11-8-25-15(18-11)19-14(23)17-10-6-4-9(5-7-10)12(20)21/h8-10H,4-7H2,1-3H3,(H,20,21)(H2,17,18,19,23). The minimum atomic E-state index is -0.892. The molecule has 0 aromatic carbocycles. The number of carbonyl (C=O) groups is 3. The molecule has 1 fully saturated rings. The topological polar surface area (TPSA) is 118 Å². The molecule has 3 N–H and O–H groups in total. The van der Waals surface area contributed by atoms with E-state index in [1.165, 1.54) is 18.4 Å². The first-order valence-corrected chi connectivity index (χ1v) is 8.96. The van der Waals surface area contributed by atoms with E-state index in [1.807, 2.05) is 0 Å². The zero-order valence-electron chi connectivity index (χ0n) is 14.5. The van der Waals surface area contributed by atoms with E-state index in [1.54, 1.807) is 19.2 Å². The van der Waals surface area contributed by atoms with Crippen LogP contribution in [0.1, 0.15) is 45.2 Å². The van der Waals surface area contributed by atoms with Crippen molar-refractivity contribution in [3.8, 4) is 0 Å². The number of aromatic nitrogens is 1. The van der Waals surface area contributed by atoms with Crippen LogP contribution in [0.4, 0.5) is 9.93 Å². The third-order valence-corrected chi connectivity index (χ3v) is 5.23. The first kappa shape index (κ1) is 19.2. The van der Waals surface area contributed by atoms with Gasteiger partial charge in [0.2, 0.25) is 0 Å². The van der Waals surface area contributed by atoms with Crippen LogP contribution in [0.2, 0.25) is 0 Å². The molecule has 2 amide bonds. The highest BCUT2D eigenvalue weighted by Crippen LogP contribution is 2.28. The van der Waals surface area contributed by atoms with Gasteiger partial charge in [0.1, 0.15) is 5.41 Å². The number of methoxy groups -OCH3 is 1. The number of carboxylic acid groups (broad SMARTS) is 1. The van der Waals surface area contributed by atoms with Crippen molar-refractivity contribution < 1.29 is 24.2 Å². The smallest absolute Gasteiger partial charge is 0.321 e. The van der Waals surface area contributed by atoms with Crippen LogP contribution in [0, 0.1) is 5.92 Å². The number of aliphatic carboxylic acids is 1. The molecule has 2 rings (SSSR count). The fraction of sp³-hybridized carbons (Fsp3) is 0.625. The maximum atomic E-state index is 12.1. The summed E-state index contributed by atoms with van der Waals surface area (Å²) >= 11 is 1.23. The van der Waals surface area contributed by atoms with Crippen LogP contribution in [0.25, 0.3) is 0 Å². The van der Waals surface area contributed by atoms with Gasteiger partial charge in [-0.15, -0.1) is 11.3 Å². The molecule has 0 unspecified atom stereocenters. The molecule has 0 aliphatic heterocycles. The van der Waals surface area contributed by atoms with Crippen LogP contribution < -0.4 is 10.6 Å². The number of nitrogens with one attached hydrogen (secondary N) is 2. The Morgan fingerprint density at radius 1 is 1.28 bits per heavy atom. The van der Waals surface area contributed by atoms with Crippen LogP contribution >= 0.6 is 11.3 Å². The summed E-state index contributed by atoms with van der Waals surface area (Å²) in [4.78, 5) is 39.1. The van der Waals surface area contributed by atoms with Gasteiger partial charge in [-0.05, 0) is 39.5 Å². The second-order valence-electron chi connectivity index (χ2n) is 6.64. The Kier molecular flexibility index (Phi) is 5.99. The van der Waals surface area contributed by atoms with E-state index in [9.17, 15) is 14.4 Å². The highest BCUT2D eigenvalue weighted by molar-refractivity contribution is 7.14. The summed E-state index contributed by atoms with van der Waals surface area (Å²) in [5.41, 5.74) is -0.363. The molecular formula is C16H23N3O5S. The molecule has 1 saturated carbocycles. The van der Waals surface area contributed by atoms with Gasteiger partial charge >= 0.3 is 18.0 Å². The molecule has 0 atom stereocenters. The van der Waals surface area contributed by atoms with Crippen LogP contribution in [0.15, 0.2) is 5.38 Å². The molecule has 0 spiro atoms. The number of hydrogen-bond donors (Lipinski definition) is 3. The Morgan fingerprint density at radius 3 is 2.48 bits per heavy atom. The number of rotatable bonds is 5. The van der Waals surface area contributed by atoms with E-state index >= 15 is 0 Å². The molecule has 9 heteroatoms. The summed E-state index contributed by atoms with van der Waals surface area (Å²) in [6.07, 6.45) is 2.41. The van der Waals surface area contributed by atoms with Crippen molar-refractivity contribution in [2.75, 3.05) is 12.4 Å². The molecule has 0 saturated heterocycles. The highest BCUT2D eigenvalue weighted by Gasteiger charge is 2.33. The molecule has 1 aromatic heterocycles. The lowest BCUT2D eigenvalue weighted by Crippen LogP contribution is -2.41. The van der Waals surface area contributed by atoms with Gasteiger partial charge in [-0.2, -0.15) is 0 Å². The Labute approximate surface area is 150 Å². The average molecular weight is 369 g/mol. The summed E-state index contributed by atoms with van der Waals surface area (Å²) in [7, 11) is 1.32. The minimum Gasteiger partial charge on any atom is -0.481 e. The first-order chi connectivity index (χ1) is 11.7. The third kappa shape index (κ3) is 4.68. The van der Waals surface area contributed by atoms with Crippen molar-refractivity contribution in [3.63, 3.8) is 0 Å². The highest BCUT2D eigenvalue weighted by atomic mass is 32.1. The zero-order valence-corrected chi connectivity index (χ0v) is 15.3. The molecule has 1 aliphatic carbocycles. The van der Waals surface area contributed by atoms with Crippen molar-refractivity contribution >= 4 is 34.4 Å². The molecular weight excluding hydrogens is 346 g/mol. The molecule has 138 valence electrons. The van der Waals surface area contributed by atoms with Gasteiger partial charge in [0.25, 0.3) is 0 Å². The monoisotopic (exact) mass is 369 g/mol. The zero-order chi connectivity index (χ0) is 18.6. The lowest BCUT2D eigenvalue weighted by Gasteiger charge is -2.26. The lowest BCUT2D eigenvalue weighted by molar-refractivity contribution is -0.146. The van der Waals surface area contributed by atoms with E-state index in [0.29, 0.717) is 36.5 Å². The number of esters is 1. The van der Waals surface area contributed by atoms with Crippen molar-refractivity contribution in [1.29, 1.82) is 0 Å². The SMILES string of the molecule is COC(=O)C(C)(C)c1csc(NC(=O)NC2CCC(C(=O)O)CC2)n1. The number of ether oxygens (including phenoxy) is 1. The van der Waals surface area contributed by atoms with Gasteiger partial charge in [-0.1, -0.05) is 0 Å². The number of anilines is 1. The van der Waals surface area contributed by atoms with Crippen molar-refractivity contribution in [1.82, 2.24) is 10.3 Å². The summed E-state index contributed by atoms with van der Waals surface area (Å²) in [6.45, 7) is 3.41. The van der Waals surface area contributed by atoms with Crippen LogP contribution in [0.5, 0.6) is 0 Å². The fourth-order valence-corrected chi connectivity index (χ4v) is 3.65. The number of urea groups is 1. The van der Waals surface area contributed by atoms with Gasteiger partial charge in [0, 0.05) is 11.4 Å². The van der Waals surface area contributed by atoms with Gasteiger partial charge in [-0.3, -0.25) is 14.9 Å². The molecule has 8 nitrogen and oxygen atoms in total. The Morgan fingerprint density at radius 2 is 1.92 bits per heavy atom. The molecule has 1 aliphatic rings. The number of thiazole rings is 1. The summed E-state index contributed by atoms with van der Waals surface area (Å²) in [6, 6.07) is -0.419. The number of hydrogen-bond acceptors (Lipinski definition) is 6. The largest absolute Gasteiger partial charge is 0.481 e. The van der Waals surface area contributed by atoms with Gasteiger partial charge < -0.3 is 15.2 Å². The molecule has 0 bridgehead atoms.